The lowest BCUT2D eigenvalue weighted by Crippen LogP contribution is -2.20. The second-order valence-electron chi connectivity index (χ2n) is 10.6. The fourth-order valence-electron chi connectivity index (χ4n) is 4.85. The molecule has 0 N–H and O–H groups in total. The minimum absolute atomic E-state index is 0.0100. The predicted molar refractivity (Wildman–Crippen MR) is 170 cm³/mol. The molecule has 1 aromatic heterocycles. The van der Waals surface area contributed by atoms with E-state index < -0.39 is 15.4 Å². The molecule has 5 rings (SSSR count). The number of non-ortho nitro benzene ring substituents is 1. The zero-order chi connectivity index (χ0) is 32.2. The molecule has 0 fully saturated rings. The van der Waals surface area contributed by atoms with Crippen molar-refractivity contribution in [2.24, 2.45) is 5.10 Å². The molecule has 0 saturated carbocycles. The molecule has 0 aliphatic rings. The van der Waals surface area contributed by atoms with Gasteiger partial charge in [-0.3, -0.25) is 25.0 Å². The highest BCUT2D eigenvalue weighted by Gasteiger charge is 2.19. The van der Waals surface area contributed by atoms with E-state index >= 15 is 0 Å². The van der Waals surface area contributed by atoms with E-state index in [2.05, 4.69) is 5.10 Å². The Bertz CT molecular complexity index is 2020. The first kappa shape index (κ1) is 30.5. The molecule has 228 valence electrons. The third kappa shape index (κ3) is 6.39. The largest absolute Gasteiger partial charge is 0.496 e. The van der Waals surface area contributed by atoms with Gasteiger partial charge >= 0.3 is 5.69 Å². The Hall–Kier alpha value is -5.91. The number of fused-ring (bicyclic) bond motifs is 1. The van der Waals surface area contributed by atoms with Gasteiger partial charge in [0, 0.05) is 29.3 Å². The molecule has 0 bridgehead atoms. The van der Waals surface area contributed by atoms with E-state index in [1.807, 2.05) is 32.9 Å². The molecule has 0 spiro atoms. The molecule has 0 aliphatic heterocycles. The first-order chi connectivity index (χ1) is 21.6. The Labute approximate surface area is 257 Å². The van der Waals surface area contributed by atoms with Gasteiger partial charge in [0.2, 0.25) is 0 Å². The lowest BCUT2D eigenvalue weighted by atomic mass is 9.96. The van der Waals surface area contributed by atoms with E-state index in [1.165, 1.54) is 47.3 Å². The number of benzene rings is 4. The van der Waals surface area contributed by atoms with E-state index in [0.717, 1.165) is 16.9 Å². The van der Waals surface area contributed by atoms with Gasteiger partial charge in [-0.15, -0.1) is 0 Å². The van der Waals surface area contributed by atoms with Gasteiger partial charge in [0.1, 0.15) is 12.4 Å². The third-order valence-corrected chi connectivity index (χ3v) is 7.24. The van der Waals surface area contributed by atoms with Gasteiger partial charge in [-0.1, -0.05) is 26.0 Å². The summed E-state index contributed by atoms with van der Waals surface area (Å²) in [5.41, 5.74) is 3.15. The van der Waals surface area contributed by atoms with Crippen molar-refractivity contribution in [1.82, 2.24) is 9.66 Å². The summed E-state index contributed by atoms with van der Waals surface area (Å²) in [5.74, 6) is 1.18. The van der Waals surface area contributed by atoms with Crippen LogP contribution in [0, 0.1) is 27.2 Å². The van der Waals surface area contributed by atoms with Crippen LogP contribution in [-0.4, -0.2) is 32.8 Å². The van der Waals surface area contributed by atoms with Gasteiger partial charge in [0.05, 0.1) is 34.1 Å². The molecular weight excluding hydrogens is 578 g/mol. The summed E-state index contributed by atoms with van der Waals surface area (Å²) in [6, 6.07) is 20.8. The molecule has 0 unspecified atom stereocenters. The van der Waals surface area contributed by atoms with Crippen molar-refractivity contribution in [3.8, 4) is 22.9 Å². The number of hydrogen-bond acceptors (Lipinski definition) is 9. The van der Waals surface area contributed by atoms with Crippen LogP contribution in [0.2, 0.25) is 0 Å². The summed E-state index contributed by atoms with van der Waals surface area (Å²) in [4.78, 5) is 40.3. The number of methoxy groups -OCH3 is 1. The van der Waals surface area contributed by atoms with Crippen molar-refractivity contribution in [2.75, 3.05) is 7.11 Å². The monoisotopic (exact) mass is 607 g/mol. The average molecular weight is 608 g/mol. The average Bonchev–Trinajstić information content (AvgIpc) is 3.03. The van der Waals surface area contributed by atoms with E-state index in [9.17, 15) is 25.0 Å². The van der Waals surface area contributed by atoms with Gasteiger partial charge < -0.3 is 9.47 Å². The predicted octanol–water partition coefficient (Wildman–Crippen LogP) is 6.78. The Morgan fingerprint density at radius 1 is 0.956 bits per heavy atom. The molecule has 1 heterocycles. The summed E-state index contributed by atoms with van der Waals surface area (Å²) in [5, 5.41) is 27.7. The van der Waals surface area contributed by atoms with Gasteiger partial charge in [-0.2, -0.15) is 9.78 Å². The van der Waals surface area contributed by atoms with Crippen LogP contribution >= 0.6 is 0 Å². The minimum atomic E-state index is -0.578. The maximum Gasteiger partial charge on any atom is 0.311 e. The summed E-state index contributed by atoms with van der Waals surface area (Å²) >= 11 is 0. The van der Waals surface area contributed by atoms with Crippen molar-refractivity contribution in [2.45, 2.75) is 33.3 Å². The molecule has 0 saturated heterocycles. The fourth-order valence-corrected chi connectivity index (χ4v) is 4.85. The van der Waals surface area contributed by atoms with Crippen LogP contribution < -0.4 is 15.0 Å². The SMILES string of the molecule is COc1cc(C)c(-c2nc3ccccc3c(=O)n2N=Cc2ccc(OCc3ccc([N+](=O)[O-])cc3)c([N+](=O)[O-])c2)cc1C(C)C. The standard InChI is InChI=1S/C33H29N5O7/c1-20(2)26-17-27(21(3)15-31(26)44-4)32-35-28-8-6-5-7-25(28)33(39)36(32)34-18-23-11-14-30(29(16-23)38(42)43)45-19-22-9-12-24(13-10-22)37(40)41/h5-18,20H,19H2,1-4H3. The number of para-hydroxylation sites is 1. The number of aryl methyl sites for hydroxylation is 1. The summed E-state index contributed by atoms with van der Waals surface area (Å²) in [6.07, 6.45) is 1.36. The first-order valence-corrected chi connectivity index (χ1v) is 14.0. The number of rotatable bonds is 10. The van der Waals surface area contributed by atoms with Crippen molar-refractivity contribution in [3.05, 3.63) is 132 Å². The van der Waals surface area contributed by atoms with E-state index in [1.54, 1.807) is 37.4 Å². The maximum atomic E-state index is 13.7. The van der Waals surface area contributed by atoms with Crippen molar-refractivity contribution >= 4 is 28.5 Å². The quantitative estimate of drug-likeness (QED) is 0.0957. The molecule has 12 nitrogen and oxygen atoms in total. The lowest BCUT2D eigenvalue weighted by Gasteiger charge is -2.17. The molecule has 0 atom stereocenters. The Morgan fingerprint density at radius 2 is 1.69 bits per heavy atom. The third-order valence-electron chi connectivity index (χ3n) is 7.24. The van der Waals surface area contributed by atoms with Crippen LogP contribution in [0.3, 0.4) is 0 Å². The first-order valence-electron chi connectivity index (χ1n) is 14.0. The number of nitrogens with zero attached hydrogens (tertiary/aromatic N) is 5. The molecule has 4 aromatic carbocycles. The Balaban J connectivity index is 1.54. The van der Waals surface area contributed by atoms with Crippen LogP contribution in [0.5, 0.6) is 11.5 Å². The van der Waals surface area contributed by atoms with Crippen LogP contribution in [0.25, 0.3) is 22.3 Å². The second-order valence-corrected chi connectivity index (χ2v) is 10.6. The van der Waals surface area contributed by atoms with Gasteiger partial charge in [-0.05, 0) is 78.1 Å². The number of nitro groups is 2. The minimum Gasteiger partial charge on any atom is -0.496 e. The van der Waals surface area contributed by atoms with Crippen molar-refractivity contribution < 1.29 is 19.3 Å². The smallest absolute Gasteiger partial charge is 0.311 e. The summed E-state index contributed by atoms with van der Waals surface area (Å²) in [7, 11) is 1.61. The molecule has 0 amide bonds. The molecule has 5 aromatic rings. The summed E-state index contributed by atoms with van der Waals surface area (Å²) < 4.78 is 12.5. The Kier molecular flexibility index (Phi) is 8.66. The maximum absolute atomic E-state index is 13.7. The highest BCUT2D eigenvalue weighted by Crippen LogP contribution is 2.34. The highest BCUT2D eigenvalue weighted by molar-refractivity contribution is 5.83. The second kappa shape index (κ2) is 12.8. The number of ether oxygens (including phenoxy) is 2. The van der Waals surface area contributed by atoms with Crippen LogP contribution in [0.1, 0.15) is 42.0 Å². The topological polar surface area (TPSA) is 152 Å². The number of aromatic nitrogens is 2. The molecule has 0 aliphatic carbocycles. The van der Waals surface area contributed by atoms with Gasteiger partial charge in [0.25, 0.3) is 11.2 Å². The lowest BCUT2D eigenvalue weighted by molar-refractivity contribution is -0.386. The Morgan fingerprint density at radius 3 is 2.36 bits per heavy atom. The van der Waals surface area contributed by atoms with E-state index in [-0.39, 0.29) is 29.6 Å². The van der Waals surface area contributed by atoms with Crippen molar-refractivity contribution in [3.63, 3.8) is 0 Å². The zero-order valence-electron chi connectivity index (χ0n) is 25.0. The van der Waals surface area contributed by atoms with Crippen LogP contribution in [0.4, 0.5) is 11.4 Å². The normalized spacial score (nSPS) is 11.3. The zero-order valence-corrected chi connectivity index (χ0v) is 25.0. The highest BCUT2D eigenvalue weighted by atomic mass is 16.6. The summed E-state index contributed by atoms with van der Waals surface area (Å²) in [6.45, 7) is 5.95. The van der Waals surface area contributed by atoms with Crippen molar-refractivity contribution in [1.29, 1.82) is 0 Å². The van der Waals surface area contributed by atoms with Crippen LogP contribution in [-0.2, 0) is 6.61 Å². The van der Waals surface area contributed by atoms with E-state index in [4.69, 9.17) is 14.5 Å². The molecule has 45 heavy (non-hydrogen) atoms. The van der Waals surface area contributed by atoms with Gasteiger partial charge in [-0.25, -0.2) is 4.98 Å². The van der Waals surface area contributed by atoms with Gasteiger partial charge in [0.15, 0.2) is 11.6 Å². The molecule has 0 radical (unpaired) electrons. The number of nitro benzene ring substituents is 2. The molecular formula is C33H29N5O7. The molecule has 12 heteroatoms. The van der Waals surface area contributed by atoms with Crippen LogP contribution in [0.15, 0.2) is 88.8 Å². The fraction of sp³-hybridized carbons (Fsp3) is 0.182. The van der Waals surface area contributed by atoms with E-state index in [0.29, 0.717) is 33.4 Å². The number of hydrogen-bond donors (Lipinski definition) is 0.